The van der Waals surface area contributed by atoms with Crippen molar-refractivity contribution in [3.63, 3.8) is 0 Å². The number of Topliss-reactive ketones (excluding diaryl/α,β-unsaturated/α-hetero) is 1. The molecule has 0 radical (unpaired) electrons. The van der Waals surface area contributed by atoms with Crippen LogP contribution >= 0.6 is 11.6 Å². The first kappa shape index (κ1) is 11.9. The van der Waals surface area contributed by atoms with Crippen LogP contribution in [0.1, 0.15) is 29.8 Å². The molecule has 0 saturated carbocycles. The Morgan fingerprint density at radius 1 is 1.60 bits per heavy atom. The number of benzene rings is 1. The quantitative estimate of drug-likeness (QED) is 0.810. The van der Waals surface area contributed by atoms with Gasteiger partial charge in [0.05, 0.1) is 17.7 Å². The summed E-state index contributed by atoms with van der Waals surface area (Å²) >= 11 is 6.00. The van der Waals surface area contributed by atoms with E-state index in [0.717, 1.165) is 5.56 Å². The molecule has 15 heavy (non-hydrogen) atoms. The average molecular weight is 229 g/mol. The third-order valence-corrected chi connectivity index (χ3v) is 2.66. The third-order valence-electron chi connectivity index (χ3n) is 2.23. The molecule has 3 nitrogen and oxygen atoms in total. The lowest BCUT2D eigenvalue weighted by Gasteiger charge is -2.12. The van der Waals surface area contributed by atoms with Crippen molar-refractivity contribution in [1.29, 1.82) is 0 Å². The zero-order valence-electron chi connectivity index (χ0n) is 8.93. The van der Waals surface area contributed by atoms with Gasteiger partial charge in [-0.3, -0.25) is 4.79 Å². The molecule has 0 saturated heterocycles. The molecule has 0 aliphatic rings. The van der Waals surface area contributed by atoms with Crippen molar-refractivity contribution in [2.45, 2.75) is 20.3 Å². The van der Waals surface area contributed by atoms with Crippen LogP contribution in [0.4, 0.5) is 0 Å². The fourth-order valence-electron chi connectivity index (χ4n) is 1.41. The van der Waals surface area contributed by atoms with Gasteiger partial charge in [0.1, 0.15) is 0 Å². The molecule has 0 unspecified atom stereocenters. The monoisotopic (exact) mass is 228 g/mol. The van der Waals surface area contributed by atoms with E-state index in [1.807, 2.05) is 6.92 Å². The zero-order valence-corrected chi connectivity index (χ0v) is 9.68. The lowest BCUT2D eigenvalue weighted by atomic mass is 10.0. The fraction of sp³-hybridized carbons (Fsp3) is 0.364. The highest BCUT2D eigenvalue weighted by molar-refractivity contribution is 6.35. The van der Waals surface area contributed by atoms with Gasteiger partial charge < -0.3 is 9.84 Å². The predicted octanol–water partition coefficient (Wildman–Crippen LogP) is 2.82. The summed E-state index contributed by atoms with van der Waals surface area (Å²) in [6.07, 6.45) is 0.676. The van der Waals surface area contributed by atoms with Crippen molar-refractivity contribution in [3.05, 3.63) is 22.2 Å². The summed E-state index contributed by atoms with van der Waals surface area (Å²) in [6.45, 7) is 3.28. The Kier molecular flexibility index (Phi) is 3.58. The van der Waals surface area contributed by atoms with Gasteiger partial charge in [-0.2, -0.15) is 0 Å². The molecule has 4 heteroatoms. The van der Waals surface area contributed by atoms with Crippen LogP contribution in [0.3, 0.4) is 0 Å². The molecule has 0 atom stereocenters. The van der Waals surface area contributed by atoms with Crippen molar-refractivity contribution >= 4 is 17.4 Å². The Bertz CT molecular complexity index is 371. The summed E-state index contributed by atoms with van der Waals surface area (Å²) in [5, 5.41) is 10.0. The molecule has 0 aliphatic carbocycles. The first-order chi connectivity index (χ1) is 7.02. The van der Waals surface area contributed by atoms with Crippen LogP contribution in [0.25, 0.3) is 0 Å². The number of aromatic hydroxyl groups is 1. The smallest absolute Gasteiger partial charge is 0.170 e. The number of carbonyl (C=O) groups excluding carboxylic acids is 1. The van der Waals surface area contributed by atoms with Crippen LogP contribution in [0.15, 0.2) is 6.07 Å². The Labute approximate surface area is 93.6 Å². The number of hydrogen-bond acceptors (Lipinski definition) is 3. The van der Waals surface area contributed by atoms with E-state index in [4.69, 9.17) is 16.3 Å². The van der Waals surface area contributed by atoms with E-state index in [2.05, 4.69) is 0 Å². The van der Waals surface area contributed by atoms with Gasteiger partial charge in [-0.25, -0.2) is 0 Å². The summed E-state index contributed by atoms with van der Waals surface area (Å²) in [5.74, 6) is -0.181. The van der Waals surface area contributed by atoms with Crippen molar-refractivity contribution < 1.29 is 14.6 Å². The standard InChI is InChI=1S/C11H13ClO3/c1-4-7-5-8(15-3)11(14)9(6(2)13)10(7)12/h5,14H,4H2,1-3H3. The van der Waals surface area contributed by atoms with Crippen LogP contribution in [0, 0.1) is 0 Å². The maximum absolute atomic E-state index is 11.3. The van der Waals surface area contributed by atoms with Crippen LogP contribution in [-0.4, -0.2) is 18.0 Å². The first-order valence-electron chi connectivity index (χ1n) is 4.62. The molecule has 1 rings (SSSR count). The van der Waals surface area contributed by atoms with E-state index in [9.17, 15) is 9.90 Å². The van der Waals surface area contributed by atoms with Crippen molar-refractivity contribution in [2.75, 3.05) is 7.11 Å². The molecular formula is C11H13ClO3. The second-order valence-corrected chi connectivity index (χ2v) is 3.56. The number of halogens is 1. The predicted molar refractivity (Wildman–Crippen MR) is 59.1 cm³/mol. The number of phenols is 1. The number of carbonyl (C=O) groups is 1. The van der Waals surface area contributed by atoms with E-state index in [0.29, 0.717) is 11.4 Å². The van der Waals surface area contributed by atoms with E-state index in [1.54, 1.807) is 6.07 Å². The Balaban J connectivity index is 3.53. The molecule has 0 bridgehead atoms. The van der Waals surface area contributed by atoms with Crippen molar-refractivity contribution in [3.8, 4) is 11.5 Å². The third kappa shape index (κ3) is 2.07. The van der Waals surface area contributed by atoms with Crippen molar-refractivity contribution in [2.24, 2.45) is 0 Å². The largest absolute Gasteiger partial charge is 0.504 e. The van der Waals surface area contributed by atoms with Crippen LogP contribution in [0.2, 0.25) is 5.02 Å². The summed E-state index contributed by atoms with van der Waals surface area (Å²) < 4.78 is 4.97. The lowest BCUT2D eigenvalue weighted by Crippen LogP contribution is -2.00. The number of aryl methyl sites for hydroxylation is 1. The molecule has 0 spiro atoms. The highest BCUT2D eigenvalue weighted by atomic mass is 35.5. The molecule has 1 aromatic carbocycles. The molecule has 0 amide bonds. The first-order valence-corrected chi connectivity index (χ1v) is 5.00. The van der Waals surface area contributed by atoms with Crippen molar-refractivity contribution in [1.82, 2.24) is 0 Å². The zero-order chi connectivity index (χ0) is 11.6. The van der Waals surface area contributed by atoms with Gasteiger partial charge in [-0.1, -0.05) is 18.5 Å². The topological polar surface area (TPSA) is 46.5 Å². The van der Waals surface area contributed by atoms with Crippen LogP contribution < -0.4 is 4.74 Å². The normalized spacial score (nSPS) is 10.1. The summed E-state index contributed by atoms with van der Waals surface area (Å²) in [6, 6.07) is 1.64. The minimum absolute atomic E-state index is 0.132. The van der Waals surface area contributed by atoms with Gasteiger partial charge >= 0.3 is 0 Å². The maximum Gasteiger partial charge on any atom is 0.170 e. The van der Waals surface area contributed by atoms with E-state index in [-0.39, 0.29) is 22.8 Å². The molecule has 82 valence electrons. The minimum atomic E-state index is -0.272. The van der Waals surface area contributed by atoms with Gasteiger partial charge in [0.25, 0.3) is 0 Å². The number of ether oxygens (including phenoxy) is 1. The second-order valence-electron chi connectivity index (χ2n) is 3.19. The SMILES string of the molecule is CCc1cc(OC)c(O)c(C(C)=O)c1Cl. The van der Waals surface area contributed by atoms with Crippen LogP contribution in [0.5, 0.6) is 11.5 Å². The van der Waals surface area contributed by atoms with Gasteiger partial charge in [0.15, 0.2) is 17.3 Å². The minimum Gasteiger partial charge on any atom is -0.504 e. The molecule has 0 aromatic heterocycles. The van der Waals surface area contributed by atoms with E-state index in [1.165, 1.54) is 14.0 Å². The van der Waals surface area contributed by atoms with Crippen LogP contribution in [-0.2, 0) is 6.42 Å². The van der Waals surface area contributed by atoms with Gasteiger partial charge in [-0.15, -0.1) is 0 Å². The molecular weight excluding hydrogens is 216 g/mol. The Hall–Kier alpha value is -1.22. The van der Waals surface area contributed by atoms with Gasteiger partial charge in [-0.05, 0) is 25.0 Å². The number of methoxy groups -OCH3 is 1. The molecule has 1 aromatic rings. The highest BCUT2D eigenvalue weighted by Gasteiger charge is 2.19. The maximum atomic E-state index is 11.3. The van der Waals surface area contributed by atoms with E-state index >= 15 is 0 Å². The summed E-state index contributed by atoms with van der Waals surface area (Å²) in [7, 11) is 1.44. The molecule has 1 N–H and O–H groups in total. The summed E-state index contributed by atoms with van der Waals surface area (Å²) in [4.78, 5) is 11.3. The second kappa shape index (κ2) is 4.53. The summed E-state index contributed by atoms with van der Waals surface area (Å²) in [5.41, 5.74) is 0.921. The fourth-order valence-corrected chi connectivity index (χ4v) is 1.82. The number of phenolic OH excluding ortho intramolecular Hbond substituents is 1. The lowest BCUT2D eigenvalue weighted by molar-refractivity contribution is 0.101. The highest BCUT2D eigenvalue weighted by Crippen LogP contribution is 2.38. The average Bonchev–Trinajstić information content (AvgIpc) is 2.18. The van der Waals surface area contributed by atoms with Gasteiger partial charge in [0.2, 0.25) is 0 Å². The molecule has 0 heterocycles. The van der Waals surface area contributed by atoms with E-state index < -0.39 is 0 Å². The molecule has 0 fully saturated rings. The number of rotatable bonds is 3. The number of hydrogen-bond donors (Lipinski definition) is 1. The Morgan fingerprint density at radius 3 is 2.60 bits per heavy atom. The molecule has 0 aliphatic heterocycles. The van der Waals surface area contributed by atoms with Gasteiger partial charge in [0, 0.05) is 0 Å². The number of ketones is 1. The Morgan fingerprint density at radius 2 is 2.20 bits per heavy atom.